The van der Waals surface area contributed by atoms with Gasteiger partial charge in [-0.3, -0.25) is 0 Å². The second-order valence-corrected chi connectivity index (χ2v) is 3.08. The van der Waals surface area contributed by atoms with Gasteiger partial charge in [-0.15, -0.1) is 11.8 Å². The number of hydrogen-bond acceptors (Lipinski definition) is 2. The summed E-state index contributed by atoms with van der Waals surface area (Å²) in [5, 5.41) is 9.28. The van der Waals surface area contributed by atoms with E-state index in [4.69, 9.17) is 0 Å². The Bertz CT molecular complexity index is 215. The van der Waals surface area contributed by atoms with Gasteiger partial charge in [0.05, 0.1) is 6.10 Å². The standard InChI is InChI=1S/C10H15F3O2/c1-2-3-4-5-9(14)6-7-15-8-10(11,12)13/h9,14H,4-8H2,1H3. The second kappa shape index (κ2) is 7.55. The molecular formula is C10H15F3O2. The van der Waals surface area contributed by atoms with E-state index in [0.29, 0.717) is 12.8 Å². The van der Waals surface area contributed by atoms with Crippen molar-refractivity contribution in [2.45, 2.75) is 38.5 Å². The third-order valence-corrected chi connectivity index (χ3v) is 1.64. The van der Waals surface area contributed by atoms with E-state index in [1.807, 2.05) is 0 Å². The highest BCUT2D eigenvalue weighted by atomic mass is 19.4. The number of rotatable bonds is 6. The van der Waals surface area contributed by atoms with Crippen molar-refractivity contribution >= 4 is 0 Å². The Kier molecular flexibility index (Phi) is 7.18. The van der Waals surface area contributed by atoms with Crippen molar-refractivity contribution in [3.05, 3.63) is 0 Å². The van der Waals surface area contributed by atoms with E-state index >= 15 is 0 Å². The van der Waals surface area contributed by atoms with Crippen molar-refractivity contribution in [2.24, 2.45) is 0 Å². The molecule has 0 aliphatic rings. The normalized spacial score (nSPS) is 13.1. The molecule has 0 saturated heterocycles. The molecule has 5 heteroatoms. The fourth-order valence-electron chi connectivity index (χ4n) is 0.915. The van der Waals surface area contributed by atoms with Gasteiger partial charge in [-0.05, 0) is 19.8 Å². The van der Waals surface area contributed by atoms with Gasteiger partial charge in [0.15, 0.2) is 0 Å². The molecule has 88 valence electrons. The Balaban J connectivity index is 3.37. The van der Waals surface area contributed by atoms with Crippen molar-refractivity contribution in [1.29, 1.82) is 0 Å². The molecule has 2 nitrogen and oxygen atoms in total. The molecule has 1 N–H and O–H groups in total. The van der Waals surface area contributed by atoms with Gasteiger partial charge in [-0.1, -0.05) is 0 Å². The first-order valence-electron chi connectivity index (χ1n) is 4.68. The molecule has 0 aromatic carbocycles. The lowest BCUT2D eigenvalue weighted by atomic mass is 10.1. The van der Waals surface area contributed by atoms with Crippen LogP contribution in [-0.2, 0) is 4.74 Å². The Morgan fingerprint density at radius 2 is 2.00 bits per heavy atom. The minimum absolute atomic E-state index is 0.0831. The molecule has 0 aromatic rings. The Morgan fingerprint density at radius 3 is 2.53 bits per heavy atom. The maximum Gasteiger partial charge on any atom is 0.411 e. The molecule has 15 heavy (non-hydrogen) atoms. The van der Waals surface area contributed by atoms with Crippen molar-refractivity contribution in [3.63, 3.8) is 0 Å². The summed E-state index contributed by atoms with van der Waals surface area (Å²) in [7, 11) is 0. The molecule has 0 radical (unpaired) electrons. The van der Waals surface area contributed by atoms with Crippen LogP contribution in [0.15, 0.2) is 0 Å². The van der Waals surface area contributed by atoms with E-state index < -0.39 is 18.9 Å². The zero-order valence-electron chi connectivity index (χ0n) is 8.60. The molecule has 0 fully saturated rings. The van der Waals surface area contributed by atoms with Gasteiger partial charge in [-0.25, -0.2) is 0 Å². The summed E-state index contributed by atoms with van der Waals surface area (Å²) in [5.41, 5.74) is 0. The fourth-order valence-corrected chi connectivity index (χ4v) is 0.915. The molecule has 0 aromatic heterocycles. The Morgan fingerprint density at radius 1 is 1.33 bits per heavy atom. The number of alkyl halides is 3. The zero-order valence-corrected chi connectivity index (χ0v) is 8.60. The Hall–Kier alpha value is -0.730. The van der Waals surface area contributed by atoms with Crippen LogP contribution in [0.4, 0.5) is 13.2 Å². The van der Waals surface area contributed by atoms with Crippen LogP contribution in [-0.4, -0.2) is 30.6 Å². The number of ether oxygens (including phenoxy) is 1. The van der Waals surface area contributed by atoms with Gasteiger partial charge < -0.3 is 9.84 Å². The predicted octanol–water partition coefficient (Wildman–Crippen LogP) is 2.12. The zero-order chi connectivity index (χ0) is 11.7. The molecular weight excluding hydrogens is 209 g/mol. The largest absolute Gasteiger partial charge is 0.411 e. The topological polar surface area (TPSA) is 29.5 Å². The van der Waals surface area contributed by atoms with Crippen LogP contribution in [0.1, 0.15) is 26.2 Å². The highest BCUT2D eigenvalue weighted by molar-refractivity contribution is 4.94. The molecule has 1 unspecified atom stereocenters. The van der Waals surface area contributed by atoms with Crippen LogP contribution in [0.25, 0.3) is 0 Å². The van der Waals surface area contributed by atoms with E-state index in [1.165, 1.54) is 0 Å². The number of hydrogen-bond donors (Lipinski definition) is 1. The lowest BCUT2D eigenvalue weighted by Gasteiger charge is -2.10. The van der Waals surface area contributed by atoms with Gasteiger partial charge in [-0.2, -0.15) is 13.2 Å². The first-order chi connectivity index (χ1) is 6.95. The summed E-state index contributed by atoms with van der Waals surface area (Å²) in [6.07, 6.45) is -3.70. The maximum atomic E-state index is 11.6. The quantitative estimate of drug-likeness (QED) is 0.553. The predicted molar refractivity (Wildman–Crippen MR) is 50.2 cm³/mol. The summed E-state index contributed by atoms with van der Waals surface area (Å²) >= 11 is 0. The van der Waals surface area contributed by atoms with Crippen LogP contribution in [0.5, 0.6) is 0 Å². The van der Waals surface area contributed by atoms with E-state index in [0.717, 1.165) is 0 Å². The van der Waals surface area contributed by atoms with Crippen molar-refractivity contribution in [2.75, 3.05) is 13.2 Å². The lowest BCUT2D eigenvalue weighted by molar-refractivity contribution is -0.175. The summed E-state index contributed by atoms with van der Waals surface area (Å²) in [5.74, 6) is 5.43. The third kappa shape index (κ3) is 11.2. The summed E-state index contributed by atoms with van der Waals surface area (Å²) < 4.78 is 39.2. The summed E-state index contributed by atoms with van der Waals surface area (Å²) in [6, 6.07) is 0. The first-order valence-corrected chi connectivity index (χ1v) is 4.68. The van der Waals surface area contributed by atoms with Crippen molar-refractivity contribution < 1.29 is 23.0 Å². The average Bonchev–Trinajstić information content (AvgIpc) is 2.11. The minimum atomic E-state index is -4.29. The van der Waals surface area contributed by atoms with Crippen LogP contribution in [0, 0.1) is 11.8 Å². The van der Waals surface area contributed by atoms with Crippen molar-refractivity contribution in [3.8, 4) is 11.8 Å². The second-order valence-electron chi connectivity index (χ2n) is 3.08. The highest BCUT2D eigenvalue weighted by Gasteiger charge is 2.27. The van der Waals surface area contributed by atoms with Gasteiger partial charge >= 0.3 is 6.18 Å². The first kappa shape index (κ1) is 14.3. The van der Waals surface area contributed by atoms with Gasteiger partial charge in [0.2, 0.25) is 0 Å². The van der Waals surface area contributed by atoms with E-state index in [2.05, 4.69) is 16.6 Å². The van der Waals surface area contributed by atoms with Crippen LogP contribution < -0.4 is 0 Å². The highest BCUT2D eigenvalue weighted by Crippen LogP contribution is 2.14. The minimum Gasteiger partial charge on any atom is -0.393 e. The molecule has 0 saturated carbocycles. The SMILES string of the molecule is CC#CCCC(O)CCOCC(F)(F)F. The third-order valence-electron chi connectivity index (χ3n) is 1.64. The molecule has 1 atom stereocenters. The average molecular weight is 224 g/mol. The molecule has 0 aliphatic carbocycles. The maximum absolute atomic E-state index is 11.6. The molecule has 0 heterocycles. The van der Waals surface area contributed by atoms with E-state index in [9.17, 15) is 18.3 Å². The molecule has 0 spiro atoms. The summed E-state index contributed by atoms with van der Waals surface area (Å²) in [4.78, 5) is 0. The molecule has 0 aliphatic heterocycles. The number of aliphatic hydroxyl groups excluding tert-OH is 1. The lowest BCUT2D eigenvalue weighted by Crippen LogP contribution is -2.19. The molecule has 0 bridgehead atoms. The summed E-state index contributed by atoms with van der Waals surface area (Å²) in [6.45, 7) is 0.355. The Labute approximate surface area is 87.4 Å². The van der Waals surface area contributed by atoms with Gasteiger partial charge in [0.1, 0.15) is 6.61 Å². The van der Waals surface area contributed by atoms with Crippen LogP contribution in [0.2, 0.25) is 0 Å². The number of halogens is 3. The van der Waals surface area contributed by atoms with E-state index in [-0.39, 0.29) is 13.0 Å². The van der Waals surface area contributed by atoms with Gasteiger partial charge in [0, 0.05) is 13.0 Å². The van der Waals surface area contributed by atoms with Crippen LogP contribution in [0.3, 0.4) is 0 Å². The smallest absolute Gasteiger partial charge is 0.393 e. The van der Waals surface area contributed by atoms with Crippen LogP contribution >= 0.6 is 0 Å². The van der Waals surface area contributed by atoms with Crippen molar-refractivity contribution in [1.82, 2.24) is 0 Å². The molecule has 0 amide bonds. The fraction of sp³-hybridized carbons (Fsp3) is 0.800. The molecule has 0 rings (SSSR count). The number of aliphatic hydroxyl groups is 1. The monoisotopic (exact) mass is 224 g/mol. The van der Waals surface area contributed by atoms with E-state index in [1.54, 1.807) is 6.92 Å². The van der Waals surface area contributed by atoms with Gasteiger partial charge in [0.25, 0.3) is 0 Å².